The molecule has 0 aromatic rings. The fourth-order valence-electron chi connectivity index (χ4n) is 1.53. The Hall–Kier alpha value is 0.810. The van der Waals surface area contributed by atoms with Gasteiger partial charge in [-0.25, -0.2) is 0 Å². The van der Waals surface area contributed by atoms with Gasteiger partial charge in [-0.3, -0.25) is 4.79 Å². The van der Waals surface area contributed by atoms with Crippen LogP contribution in [0.3, 0.4) is 0 Å². The van der Waals surface area contributed by atoms with E-state index in [0.717, 1.165) is 11.0 Å². The zero-order chi connectivity index (χ0) is 12.7. The Morgan fingerprint density at radius 2 is 2.29 bits per heavy atom. The topological polar surface area (TPSA) is 17.1 Å². The molecule has 0 aliphatic carbocycles. The third kappa shape index (κ3) is 7.09. The van der Waals surface area contributed by atoms with Gasteiger partial charge in [0, 0.05) is 32.3 Å². The average molecular weight is 309 g/mol. The second-order valence-electron chi connectivity index (χ2n) is 4.11. The summed E-state index contributed by atoms with van der Waals surface area (Å²) in [5.74, 6) is 2.37. The minimum absolute atomic E-state index is 0.0912. The molecule has 0 radical (unpaired) electrons. The van der Waals surface area contributed by atoms with Crippen molar-refractivity contribution >= 4 is 52.2 Å². The summed E-state index contributed by atoms with van der Waals surface area (Å²) in [5, 5.41) is 3.29. The number of rotatable bonds is 7. The highest BCUT2D eigenvalue weighted by Crippen LogP contribution is 2.34. The summed E-state index contributed by atoms with van der Waals surface area (Å²) in [4.78, 5) is 11.2. The van der Waals surface area contributed by atoms with E-state index in [9.17, 15) is 4.79 Å². The highest BCUT2D eigenvalue weighted by Gasteiger charge is 2.19. The molecule has 0 aromatic carbocycles. The van der Waals surface area contributed by atoms with Gasteiger partial charge in [-0.15, -0.1) is 23.5 Å². The van der Waals surface area contributed by atoms with Crippen molar-refractivity contribution in [3.8, 4) is 0 Å². The highest BCUT2D eigenvalue weighted by atomic mass is 32.2. The van der Waals surface area contributed by atoms with Crippen LogP contribution in [0.15, 0.2) is 12.7 Å². The molecule has 1 fully saturated rings. The van der Waals surface area contributed by atoms with E-state index in [2.05, 4.69) is 44.0 Å². The molecule has 0 amide bonds. The van der Waals surface area contributed by atoms with E-state index in [1.807, 2.05) is 11.8 Å². The van der Waals surface area contributed by atoms with Crippen LogP contribution in [0.25, 0.3) is 0 Å². The summed E-state index contributed by atoms with van der Waals surface area (Å²) in [6.07, 6.45) is 2.71. The van der Waals surface area contributed by atoms with Crippen molar-refractivity contribution in [2.45, 2.75) is 36.0 Å². The lowest BCUT2D eigenvalue weighted by Gasteiger charge is -2.16. The fourth-order valence-corrected chi connectivity index (χ4v) is 6.65. The molecule has 0 bridgehead atoms. The molecule has 0 N–H and O–H groups in total. The molecular formula is C12H20OS4. The maximum atomic E-state index is 11.2. The molecule has 0 spiro atoms. The van der Waals surface area contributed by atoms with Crippen LogP contribution in [-0.4, -0.2) is 37.5 Å². The standard InChI is InChI=1S/C12H20OS4/c1-4-12(13)17-10(3)6-15-9(2)5-11-7-14-8-16-11/h4,9-11H,1,5-8H2,2-3H3. The third-order valence-electron chi connectivity index (χ3n) is 2.39. The molecule has 1 nitrogen and oxygen atoms in total. The van der Waals surface area contributed by atoms with Crippen LogP contribution in [0.1, 0.15) is 20.3 Å². The molecule has 5 heteroatoms. The van der Waals surface area contributed by atoms with Crippen molar-refractivity contribution in [2.24, 2.45) is 0 Å². The normalized spacial score (nSPS) is 23.3. The van der Waals surface area contributed by atoms with Gasteiger partial charge in [0.15, 0.2) is 0 Å². The first-order valence-electron chi connectivity index (χ1n) is 5.75. The first-order chi connectivity index (χ1) is 8.11. The van der Waals surface area contributed by atoms with Crippen LogP contribution in [-0.2, 0) is 4.79 Å². The van der Waals surface area contributed by atoms with E-state index in [4.69, 9.17) is 0 Å². The van der Waals surface area contributed by atoms with Crippen LogP contribution in [0.4, 0.5) is 0 Å². The van der Waals surface area contributed by atoms with Crippen LogP contribution in [0.5, 0.6) is 0 Å². The number of hydrogen-bond acceptors (Lipinski definition) is 5. The zero-order valence-electron chi connectivity index (χ0n) is 10.4. The molecule has 17 heavy (non-hydrogen) atoms. The fraction of sp³-hybridized carbons (Fsp3) is 0.750. The molecule has 0 saturated carbocycles. The summed E-state index contributed by atoms with van der Waals surface area (Å²) in [6, 6.07) is 0. The Kier molecular flexibility index (Phi) is 8.24. The second-order valence-corrected chi connectivity index (χ2v) is 9.71. The first kappa shape index (κ1) is 15.9. The molecule has 3 unspecified atom stereocenters. The number of carbonyl (C=O) groups excluding carboxylic acids is 1. The van der Waals surface area contributed by atoms with Crippen molar-refractivity contribution in [3.05, 3.63) is 12.7 Å². The van der Waals surface area contributed by atoms with Crippen molar-refractivity contribution < 1.29 is 4.79 Å². The molecule has 3 atom stereocenters. The van der Waals surface area contributed by atoms with Gasteiger partial charge in [-0.05, 0) is 12.5 Å². The lowest BCUT2D eigenvalue weighted by Crippen LogP contribution is -2.12. The van der Waals surface area contributed by atoms with Crippen molar-refractivity contribution in [3.63, 3.8) is 0 Å². The van der Waals surface area contributed by atoms with Gasteiger partial charge in [0.1, 0.15) is 0 Å². The Morgan fingerprint density at radius 3 is 2.88 bits per heavy atom. The quantitative estimate of drug-likeness (QED) is 0.656. The predicted molar refractivity (Wildman–Crippen MR) is 87.5 cm³/mol. The lowest BCUT2D eigenvalue weighted by molar-refractivity contribution is -0.107. The minimum atomic E-state index is 0.0912. The van der Waals surface area contributed by atoms with Gasteiger partial charge < -0.3 is 0 Å². The van der Waals surface area contributed by atoms with Crippen molar-refractivity contribution in [1.29, 1.82) is 0 Å². The minimum Gasteiger partial charge on any atom is -0.282 e. The number of hydrogen-bond donors (Lipinski definition) is 0. The maximum Gasteiger partial charge on any atom is 0.211 e. The molecule has 1 saturated heterocycles. The molecular weight excluding hydrogens is 288 g/mol. The summed E-state index contributed by atoms with van der Waals surface area (Å²) in [7, 11) is 0. The molecule has 1 rings (SSSR count). The van der Waals surface area contributed by atoms with Gasteiger partial charge in [-0.1, -0.05) is 32.2 Å². The van der Waals surface area contributed by atoms with Crippen molar-refractivity contribution in [1.82, 2.24) is 0 Å². The Balaban J connectivity index is 2.11. The summed E-state index contributed by atoms with van der Waals surface area (Å²) in [6.45, 7) is 7.92. The Labute approximate surface area is 122 Å². The van der Waals surface area contributed by atoms with Gasteiger partial charge >= 0.3 is 0 Å². The first-order valence-corrected chi connectivity index (χ1v) is 9.89. The van der Waals surface area contributed by atoms with E-state index in [0.29, 0.717) is 10.5 Å². The average Bonchev–Trinajstić information content (AvgIpc) is 2.79. The third-order valence-corrected chi connectivity index (χ3v) is 7.91. The van der Waals surface area contributed by atoms with Crippen LogP contribution >= 0.6 is 47.0 Å². The van der Waals surface area contributed by atoms with E-state index in [1.54, 1.807) is 0 Å². The monoisotopic (exact) mass is 308 g/mol. The van der Waals surface area contributed by atoms with Gasteiger partial charge in [0.2, 0.25) is 5.12 Å². The van der Waals surface area contributed by atoms with E-state index in [1.165, 1.54) is 35.1 Å². The van der Waals surface area contributed by atoms with Crippen LogP contribution in [0.2, 0.25) is 0 Å². The molecule has 1 aliphatic heterocycles. The second kappa shape index (κ2) is 8.83. The van der Waals surface area contributed by atoms with Crippen LogP contribution < -0.4 is 0 Å². The van der Waals surface area contributed by atoms with E-state index < -0.39 is 0 Å². The van der Waals surface area contributed by atoms with Gasteiger partial charge in [0.05, 0.1) is 0 Å². The molecule has 98 valence electrons. The maximum absolute atomic E-state index is 11.2. The molecule has 1 heterocycles. The van der Waals surface area contributed by atoms with Crippen LogP contribution in [0, 0.1) is 0 Å². The predicted octanol–water partition coefficient (Wildman–Crippen LogP) is 4.14. The Bertz CT molecular complexity index is 251. The van der Waals surface area contributed by atoms with Gasteiger partial charge in [-0.2, -0.15) is 11.8 Å². The van der Waals surface area contributed by atoms with E-state index >= 15 is 0 Å². The number of carbonyl (C=O) groups is 1. The smallest absolute Gasteiger partial charge is 0.211 e. The van der Waals surface area contributed by atoms with Gasteiger partial charge in [0.25, 0.3) is 0 Å². The zero-order valence-corrected chi connectivity index (χ0v) is 13.7. The van der Waals surface area contributed by atoms with Crippen molar-refractivity contribution in [2.75, 3.05) is 16.6 Å². The lowest BCUT2D eigenvalue weighted by atomic mass is 10.3. The Morgan fingerprint density at radius 1 is 1.53 bits per heavy atom. The van der Waals surface area contributed by atoms with E-state index in [-0.39, 0.29) is 5.12 Å². The SMILES string of the molecule is C=CC(=O)SC(C)CSC(C)CC1CSCS1. The summed E-state index contributed by atoms with van der Waals surface area (Å²) < 4.78 is 0. The largest absolute Gasteiger partial charge is 0.282 e. The summed E-state index contributed by atoms with van der Waals surface area (Å²) in [5.41, 5.74) is 0. The highest BCUT2D eigenvalue weighted by molar-refractivity contribution is 8.19. The summed E-state index contributed by atoms with van der Waals surface area (Å²) >= 11 is 7.54. The number of thioether (sulfide) groups is 4. The molecule has 1 aliphatic rings. The molecule has 0 aromatic heterocycles.